The van der Waals surface area contributed by atoms with Gasteiger partial charge in [0.2, 0.25) is 0 Å². The van der Waals surface area contributed by atoms with Gasteiger partial charge in [-0.25, -0.2) is 4.79 Å². The van der Waals surface area contributed by atoms with Crippen molar-refractivity contribution in [1.82, 2.24) is 19.7 Å². The standard InChI is InChI=1S/C21H28N4O2/c1-15(2)13-25-20(27)23(3)19(26)21(25)8-10-24(11-9-21)14-16-12-22-18-7-5-4-6-17(16)18/h4-7,12,15,22H,8-11,13-14H2,1-3H3. The minimum absolute atomic E-state index is 0.0279. The van der Waals surface area contributed by atoms with Crippen molar-refractivity contribution >= 4 is 22.8 Å². The van der Waals surface area contributed by atoms with E-state index in [4.69, 9.17) is 0 Å². The molecular formula is C21H28N4O2. The molecule has 2 saturated heterocycles. The third-order valence-corrected chi connectivity index (χ3v) is 6.04. The molecule has 2 fully saturated rings. The van der Waals surface area contributed by atoms with Gasteiger partial charge < -0.3 is 9.88 Å². The lowest BCUT2D eigenvalue weighted by molar-refractivity contribution is -0.135. The summed E-state index contributed by atoms with van der Waals surface area (Å²) < 4.78 is 0. The van der Waals surface area contributed by atoms with E-state index < -0.39 is 5.54 Å². The van der Waals surface area contributed by atoms with Crippen LogP contribution in [0.4, 0.5) is 4.79 Å². The number of likely N-dealkylation sites (tertiary alicyclic amines) is 1. The highest BCUT2D eigenvalue weighted by Gasteiger charge is 2.56. The molecule has 2 aliphatic heterocycles. The second-order valence-electron chi connectivity index (χ2n) is 8.32. The summed E-state index contributed by atoms with van der Waals surface area (Å²) in [4.78, 5) is 34.4. The van der Waals surface area contributed by atoms with E-state index in [1.54, 1.807) is 7.05 Å². The first kappa shape index (κ1) is 18.0. The molecule has 3 amide bonds. The summed E-state index contributed by atoms with van der Waals surface area (Å²) in [5, 5.41) is 1.26. The van der Waals surface area contributed by atoms with Crippen molar-refractivity contribution in [2.75, 3.05) is 26.7 Å². The van der Waals surface area contributed by atoms with Gasteiger partial charge in [-0.15, -0.1) is 0 Å². The number of fused-ring (bicyclic) bond motifs is 1. The molecule has 1 N–H and O–H groups in total. The Hall–Kier alpha value is -2.34. The van der Waals surface area contributed by atoms with Crippen molar-refractivity contribution < 1.29 is 9.59 Å². The number of amides is 3. The second-order valence-corrected chi connectivity index (χ2v) is 8.32. The molecule has 0 saturated carbocycles. The molecule has 2 aromatic rings. The van der Waals surface area contributed by atoms with Crippen LogP contribution in [0.5, 0.6) is 0 Å². The molecule has 1 aromatic carbocycles. The minimum Gasteiger partial charge on any atom is -0.361 e. The normalized spacial score (nSPS) is 20.6. The molecule has 3 heterocycles. The number of aromatic nitrogens is 1. The van der Waals surface area contributed by atoms with Crippen LogP contribution in [0, 0.1) is 5.92 Å². The summed E-state index contributed by atoms with van der Waals surface area (Å²) in [6.07, 6.45) is 3.49. The quantitative estimate of drug-likeness (QED) is 0.844. The van der Waals surface area contributed by atoms with Crippen LogP contribution in [0.2, 0.25) is 0 Å². The van der Waals surface area contributed by atoms with E-state index in [1.807, 2.05) is 11.0 Å². The van der Waals surface area contributed by atoms with Gasteiger partial charge in [0.25, 0.3) is 5.91 Å². The molecule has 0 atom stereocenters. The van der Waals surface area contributed by atoms with Crippen molar-refractivity contribution in [2.45, 2.75) is 38.8 Å². The van der Waals surface area contributed by atoms with Crippen LogP contribution in [0.15, 0.2) is 30.5 Å². The number of hydrogen-bond acceptors (Lipinski definition) is 3. The van der Waals surface area contributed by atoms with Gasteiger partial charge in [0, 0.05) is 50.3 Å². The maximum atomic E-state index is 12.9. The van der Waals surface area contributed by atoms with Gasteiger partial charge in [-0.2, -0.15) is 0 Å². The summed E-state index contributed by atoms with van der Waals surface area (Å²) in [5.41, 5.74) is 1.79. The average Bonchev–Trinajstić information content (AvgIpc) is 3.14. The van der Waals surface area contributed by atoms with Gasteiger partial charge in [0.1, 0.15) is 5.54 Å². The highest BCUT2D eigenvalue weighted by molar-refractivity contribution is 6.06. The first-order valence-corrected chi connectivity index (χ1v) is 9.79. The number of carbonyl (C=O) groups is 2. The second kappa shape index (κ2) is 6.68. The van der Waals surface area contributed by atoms with E-state index in [0.29, 0.717) is 25.3 Å². The van der Waals surface area contributed by atoms with Gasteiger partial charge in [-0.1, -0.05) is 32.0 Å². The van der Waals surface area contributed by atoms with Crippen LogP contribution in [0.25, 0.3) is 10.9 Å². The Morgan fingerprint density at radius 3 is 2.56 bits per heavy atom. The predicted octanol–water partition coefficient (Wildman–Crippen LogP) is 3.05. The van der Waals surface area contributed by atoms with Crippen molar-refractivity contribution in [3.63, 3.8) is 0 Å². The third kappa shape index (κ3) is 2.92. The number of piperidine rings is 1. The summed E-state index contributed by atoms with van der Waals surface area (Å²) >= 11 is 0. The summed E-state index contributed by atoms with van der Waals surface area (Å²) in [7, 11) is 1.62. The van der Waals surface area contributed by atoms with Crippen molar-refractivity contribution in [1.29, 1.82) is 0 Å². The van der Waals surface area contributed by atoms with Gasteiger partial charge in [0.15, 0.2) is 0 Å². The highest BCUT2D eigenvalue weighted by Crippen LogP contribution is 2.37. The maximum Gasteiger partial charge on any atom is 0.327 e. The average molecular weight is 368 g/mol. The zero-order valence-corrected chi connectivity index (χ0v) is 16.4. The third-order valence-electron chi connectivity index (χ3n) is 6.04. The van der Waals surface area contributed by atoms with Crippen molar-refractivity contribution in [2.24, 2.45) is 5.92 Å². The summed E-state index contributed by atoms with van der Waals surface area (Å²) in [5.74, 6) is 0.314. The molecule has 1 aromatic heterocycles. The van der Waals surface area contributed by atoms with E-state index in [1.165, 1.54) is 15.8 Å². The van der Waals surface area contributed by atoms with Crippen LogP contribution < -0.4 is 0 Å². The number of nitrogens with one attached hydrogen (secondary N) is 1. The lowest BCUT2D eigenvalue weighted by atomic mass is 9.85. The SMILES string of the molecule is CC(C)CN1C(=O)N(C)C(=O)C12CCN(Cc1c[nH]c3ccccc13)CC2. The summed E-state index contributed by atoms with van der Waals surface area (Å²) in [6, 6.07) is 8.19. The van der Waals surface area contributed by atoms with Crippen LogP contribution in [0.3, 0.4) is 0 Å². The van der Waals surface area contributed by atoms with Gasteiger partial charge in [-0.05, 0) is 30.4 Å². The monoisotopic (exact) mass is 368 g/mol. The number of H-pyrrole nitrogens is 1. The lowest BCUT2D eigenvalue weighted by Crippen LogP contribution is -2.57. The number of aromatic amines is 1. The molecule has 4 rings (SSSR count). The number of carbonyl (C=O) groups excluding carboxylic acids is 2. The molecule has 27 heavy (non-hydrogen) atoms. The fraction of sp³-hybridized carbons (Fsp3) is 0.524. The minimum atomic E-state index is -0.646. The Bertz CT molecular complexity index is 864. The van der Waals surface area contributed by atoms with Crippen LogP contribution in [0.1, 0.15) is 32.3 Å². The molecule has 1 spiro atoms. The fourth-order valence-corrected chi connectivity index (χ4v) is 4.56. The zero-order chi connectivity index (χ0) is 19.2. The van der Waals surface area contributed by atoms with E-state index in [0.717, 1.165) is 25.2 Å². The van der Waals surface area contributed by atoms with Crippen molar-refractivity contribution in [3.05, 3.63) is 36.0 Å². The fourth-order valence-electron chi connectivity index (χ4n) is 4.56. The number of imide groups is 1. The molecule has 0 radical (unpaired) electrons. The van der Waals surface area contributed by atoms with Crippen molar-refractivity contribution in [3.8, 4) is 0 Å². The molecule has 2 aliphatic rings. The van der Waals surface area contributed by atoms with Gasteiger partial charge >= 0.3 is 6.03 Å². The Balaban J connectivity index is 1.50. The molecular weight excluding hydrogens is 340 g/mol. The first-order valence-electron chi connectivity index (χ1n) is 9.79. The van der Waals surface area contributed by atoms with E-state index in [2.05, 4.69) is 48.1 Å². The largest absolute Gasteiger partial charge is 0.361 e. The number of para-hydroxylation sites is 1. The van der Waals surface area contributed by atoms with Crippen LogP contribution in [-0.2, 0) is 11.3 Å². The van der Waals surface area contributed by atoms with E-state index in [9.17, 15) is 9.59 Å². The van der Waals surface area contributed by atoms with E-state index >= 15 is 0 Å². The molecule has 144 valence electrons. The molecule has 6 heteroatoms. The predicted molar refractivity (Wildman–Crippen MR) is 105 cm³/mol. The highest BCUT2D eigenvalue weighted by atomic mass is 16.2. The van der Waals surface area contributed by atoms with Gasteiger partial charge in [0.05, 0.1) is 0 Å². The number of benzene rings is 1. The zero-order valence-electron chi connectivity index (χ0n) is 16.4. The maximum absolute atomic E-state index is 12.9. The van der Waals surface area contributed by atoms with Crippen LogP contribution >= 0.6 is 0 Å². The number of hydrogen-bond donors (Lipinski definition) is 1. The molecule has 0 unspecified atom stereocenters. The number of likely N-dealkylation sites (N-methyl/N-ethyl adjacent to an activating group) is 1. The number of urea groups is 1. The lowest BCUT2D eigenvalue weighted by Gasteiger charge is -2.42. The van der Waals surface area contributed by atoms with Gasteiger partial charge in [-0.3, -0.25) is 14.6 Å². The Morgan fingerprint density at radius 2 is 1.85 bits per heavy atom. The Morgan fingerprint density at radius 1 is 1.15 bits per heavy atom. The molecule has 0 aliphatic carbocycles. The first-order chi connectivity index (χ1) is 12.9. The molecule has 0 bridgehead atoms. The summed E-state index contributed by atoms with van der Waals surface area (Å²) in [6.45, 7) is 7.33. The topological polar surface area (TPSA) is 59.7 Å². The number of nitrogens with zero attached hydrogens (tertiary/aromatic N) is 3. The Kier molecular flexibility index (Phi) is 4.46. The molecule has 6 nitrogen and oxygen atoms in total. The smallest absolute Gasteiger partial charge is 0.327 e. The van der Waals surface area contributed by atoms with E-state index in [-0.39, 0.29) is 11.9 Å². The Labute approximate surface area is 160 Å². The number of rotatable bonds is 4. The van der Waals surface area contributed by atoms with Crippen LogP contribution in [-0.4, -0.2) is 63.8 Å².